The van der Waals surface area contributed by atoms with Crippen molar-refractivity contribution < 1.29 is 24.4 Å². The molecule has 134 valence electrons. The zero-order chi connectivity index (χ0) is 18.2. The van der Waals surface area contributed by atoms with Crippen LogP contribution >= 0.6 is 0 Å². The van der Waals surface area contributed by atoms with Gasteiger partial charge in [-0.1, -0.05) is 36.9 Å². The zero-order valence-electron chi connectivity index (χ0n) is 14.0. The van der Waals surface area contributed by atoms with E-state index in [-0.39, 0.29) is 25.0 Å². The molecule has 0 unspecified atom stereocenters. The summed E-state index contributed by atoms with van der Waals surface area (Å²) in [5.41, 5.74) is 0.861. The molecule has 1 aromatic rings. The maximum Gasteiger partial charge on any atom is 0.475 e. The Morgan fingerprint density at radius 1 is 1.40 bits per heavy atom. The molecule has 0 saturated carbocycles. The normalized spacial score (nSPS) is 17.7. The van der Waals surface area contributed by atoms with Crippen molar-refractivity contribution in [2.75, 3.05) is 13.2 Å². The number of hydrogen-bond acceptors (Lipinski definition) is 5. The van der Waals surface area contributed by atoms with Crippen molar-refractivity contribution in [3.05, 3.63) is 48.6 Å². The Morgan fingerprint density at radius 3 is 2.76 bits per heavy atom. The highest BCUT2D eigenvalue weighted by atomic mass is 16.5. The number of hydrogen-bond donors (Lipinski definition) is 3. The molecule has 3 N–H and O–H groups in total. The first-order valence-electron chi connectivity index (χ1n) is 8.27. The number of nitrogens with one attached hydrogen (secondary N) is 1. The molecule has 1 fully saturated rings. The van der Waals surface area contributed by atoms with Crippen LogP contribution in [0.1, 0.15) is 18.4 Å². The Hall–Kier alpha value is -2.32. The van der Waals surface area contributed by atoms with Gasteiger partial charge in [-0.3, -0.25) is 4.79 Å². The van der Waals surface area contributed by atoms with Crippen molar-refractivity contribution >= 4 is 19.1 Å². The van der Waals surface area contributed by atoms with Gasteiger partial charge in [0.25, 0.3) is 0 Å². The molecule has 1 aromatic carbocycles. The molecule has 1 saturated heterocycles. The monoisotopic (exact) mass is 346 g/mol. The van der Waals surface area contributed by atoms with Crippen LogP contribution < -0.4 is 5.32 Å². The van der Waals surface area contributed by atoms with Crippen LogP contribution in [-0.2, 0) is 16.0 Å². The van der Waals surface area contributed by atoms with Gasteiger partial charge in [-0.15, -0.1) is 0 Å². The molecule has 0 radical (unpaired) electrons. The van der Waals surface area contributed by atoms with Crippen LogP contribution in [0.25, 0.3) is 0 Å². The number of carbonyl (C=O) groups excluding carboxylic acids is 2. The van der Waals surface area contributed by atoms with Crippen molar-refractivity contribution in [3.63, 3.8) is 0 Å². The van der Waals surface area contributed by atoms with E-state index in [2.05, 4.69) is 11.9 Å². The van der Waals surface area contributed by atoms with Gasteiger partial charge >= 0.3 is 13.2 Å². The van der Waals surface area contributed by atoms with Crippen molar-refractivity contribution in [1.82, 2.24) is 10.2 Å². The van der Waals surface area contributed by atoms with E-state index in [4.69, 9.17) is 4.74 Å². The molecule has 2 amide bonds. The summed E-state index contributed by atoms with van der Waals surface area (Å²) in [6.07, 6.45) is 2.37. The second-order valence-electron chi connectivity index (χ2n) is 5.98. The van der Waals surface area contributed by atoms with E-state index in [1.54, 1.807) is 4.90 Å². The smallest absolute Gasteiger partial charge is 0.447 e. The number of carbonyl (C=O) groups is 2. The van der Waals surface area contributed by atoms with Crippen LogP contribution in [0.4, 0.5) is 4.79 Å². The van der Waals surface area contributed by atoms with Crippen LogP contribution in [0.3, 0.4) is 0 Å². The number of alkyl carbamates (subject to hydrolysis) is 1. The summed E-state index contributed by atoms with van der Waals surface area (Å²) < 4.78 is 5.17. The van der Waals surface area contributed by atoms with Crippen molar-refractivity contribution in [3.8, 4) is 0 Å². The molecule has 0 spiro atoms. The summed E-state index contributed by atoms with van der Waals surface area (Å²) >= 11 is 0. The molecule has 7 nitrogen and oxygen atoms in total. The lowest BCUT2D eigenvalue weighted by molar-refractivity contribution is -0.127. The first-order chi connectivity index (χ1) is 12.0. The molecule has 0 bridgehead atoms. The summed E-state index contributed by atoms with van der Waals surface area (Å²) in [7, 11) is -1.71. The Morgan fingerprint density at radius 2 is 2.12 bits per heavy atom. The van der Waals surface area contributed by atoms with Crippen LogP contribution in [0.2, 0.25) is 0 Å². The quantitative estimate of drug-likeness (QED) is 0.494. The van der Waals surface area contributed by atoms with Gasteiger partial charge in [0.1, 0.15) is 6.61 Å². The van der Waals surface area contributed by atoms with Crippen molar-refractivity contribution in [1.29, 1.82) is 0 Å². The predicted octanol–water partition coefficient (Wildman–Crippen LogP) is 0.513. The number of nitrogens with zero attached hydrogens (tertiary/aromatic N) is 1. The van der Waals surface area contributed by atoms with E-state index < -0.39 is 19.2 Å². The largest absolute Gasteiger partial charge is 0.475 e. The molecule has 2 atom stereocenters. The molecule has 8 heteroatoms. The third-order valence-electron chi connectivity index (χ3n) is 4.20. The maximum atomic E-state index is 12.0. The lowest BCUT2D eigenvalue weighted by atomic mass is 9.76. The average molecular weight is 346 g/mol. The highest BCUT2D eigenvalue weighted by molar-refractivity contribution is 6.43. The van der Waals surface area contributed by atoms with Gasteiger partial charge in [-0.2, -0.15) is 0 Å². The van der Waals surface area contributed by atoms with Crippen LogP contribution in [0, 0.1) is 0 Å². The average Bonchev–Trinajstić information content (AvgIpc) is 3.08. The van der Waals surface area contributed by atoms with Gasteiger partial charge in [-0.25, -0.2) is 4.79 Å². The van der Waals surface area contributed by atoms with Gasteiger partial charge in [0.05, 0.1) is 12.0 Å². The van der Waals surface area contributed by atoms with Crippen molar-refractivity contribution in [2.24, 2.45) is 0 Å². The zero-order valence-corrected chi connectivity index (χ0v) is 14.0. The van der Waals surface area contributed by atoms with Crippen LogP contribution in [-0.4, -0.2) is 59.2 Å². The molecular formula is C17H23BN2O5. The molecule has 25 heavy (non-hydrogen) atoms. The van der Waals surface area contributed by atoms with Gasteiger partial charge in [0, 0.05) is 6.54 Å². The van der Waals surface area contributed by atoms with E-state index in [9.17, 15) is 19.6 Å². The van der Waals surface area contributed by atoms with Crippen molar-refractivity contribution in [2.45, 2.75) is 31.2 Å². The highest BCUT2D eigenvalue weighted by Gasteiger charge is 2.30. The third-order valence-corrected chi connectivity index (χ3v) is 4.20. The van der Waals surface area contributed by atoms with E-state index in [1.807, 2.05) is 30.3 Å². The molecule has 2 rings (SSSR count). The fourth-order valence-corrected chi connectivity index (χ4v) is 2.88. The first kappa shape index (κ1) is 19.0. The topological polar surface area (TPSA) is 99.1 Å². The minimum absolute atomic E-state index is 0.0605. The summed E-state index contributed by atoms with van der Waals surface area (Å²) in [6, 6.07) is 9.01. The summed E-state index contributed by atoms with van der Waals surface area (Å²) in [6.45, 7) is 4.14. The summed E-state index contributed by atoms with van der Waals surface area (Å²) in [5, 5.41) is 21.4. The Bertz CT molecular complexity index is 596. The fourth-order valence-electron chi connectivity index (χ4n) is 2.88. The Kier molecular flexibility index (Phi) is 7.03. The van der Waals surface area contributed by atoms with E-state index in [0.717, 1.165) is 18.4 Å². The van der Waals surface area contributed by atoms with E-state index in [1.165, 1.54) is 6.08 Å². The first-order valence-corrected chi connectivity index (χ1v) is 8.27. The molecule has 1 aliphatic rings. The van der Waals surface area contributed by atoms with Crippen LogP contribution in [0.15, 0.2) is 43.0 Å². The SMILES string of the molecule is C=CC(=O)N1CCC[C@@H]1COC(=O)N[C@@H](Cc1ccccc1)B(O)O. The Labute approximate surface area is 147 Å². The standard InChI is InChI=1S/C17H23BN2O5/c1-2-16(21)20-10-6-9-14(20)12-25-17(22)19-15(18(23)24)11-13-7-4-3-5-8-13/h2-5,7-8,14-15,23-24H,1,6,9-12H2,(H,19,22)/t14-,15+/m1/s1. The van der Waals surface area contributed by atoms with E-state index in [0.29, 0.717) is 6.54 Å². The molecular weight excluding hydrogens is 323 g/mol. The second-order valence-corrected chi connectivity index (χ2v) is 5.98. The minimum atomic E-state index is -1.71. The van der Waals surface area contributed by atoms with Gasteiger partial charge in [-0.05, 0) is 30.9 Å². The number of likely N-dealkylation sites (tertiary alicyclic amines) is 1. The lowest BCUT2D eigenvalue weighted by Crippen LogP contribution is -2.48. The maximum absolute atomic E-state index is 12.0. The number of benzene rings is 1. The lowest BCUT2D eigenvalue weighted by Gasteiger charge is -2.24. The molecule has 0 aromatic heterocycles. The van der Waals surface area contributed by atoms with Crippen LogP contribution in [0.5, 0.6) is 0 Å². The summed E-state index contributed by atoms with van der Waals surface area (Å²) in [5.74, 6) is -1.07. The Balaban J connectivity index is 1.84. The van der Waals surface area contributed by atoms with Gasteiger partial charge in [0.2, 0.25) is 5.91 Å². The number of amides is 2. The number of ether oxygens (including phenoxy) is 1. The molecule has 1 heterocycles. The molecule has 0 aliphatic carbocycles. The predicted molar refractivity (Wildman–Crippen MR) is 93.5 cm³/mol. The van der Waals surface area contributed by atoms with E-state index >= 15 is 0 Å². The third kappa shape index (κ3) is 5.61. The fraction of sp³-hybridized carbons (Fsp3) is 0.412. The second kappa shape index (κ2) is 9.24. The van der Waals surface area contributed by atoms with Gasteiger partial charge < -0.3 is 25.0 Å². The summed E-state index contributed by atoms with van der Waals surface area (Å²) in [4.78, 5) is 25.3. The minimum Gasteiger partial charge on any atom is -0.447 e. The van der Waals surface area contributed by atoms with Gasteiger partial charge in [0.15, 0.2) is 0 Å². The molecule has 1 aliphatic heterocycles. The number of rotatable bonds is 7. The highest BCUT2D eigenvalue weighted by Crippen LogP contribution is 2.18.